The first-order chi connectivity index (χ1) is 18.7. The predicted octanol–water partition coefficient (Wildman–Crippen LogP) is 6.10. The van der Waals surface area contributed by atoms with Crippen LogP contribution in [0.25, 0.3) is 0 Å². The molecule has 3 unspecified atom stereocenters. The van der Waals surface area contributed by atoms with Crippen LogP contribution in [0.4, 0.5) is 5.69 Å². The lowest BCUT2D eigenvalue weighted by Gasteiger charge is -2.31. The summed E-state index contributed by atoms with van der Waals surface area (Å²) in [5.41, 5.74) is 0.892. The van der Waals surface area contributed by atoms with E-state index in [4.69, 9.17) is 5.84 Å². The molecule has 9 heteroatoms. The number of imide groups is 1. The molecule has 39 heavy (non-hydrogen) atoms. The minimum atomic E-state index is -1.18. The molecule has 0 bridgehead atoms. The highest BCUT2D eigenvalue weighted by atomic mass is 16.2. The van der Waals surface area contributed by atoms with Gasteiger partial charge in [-0.05, 0) is 55.4 Å². The second kappa shape index (κ2) is 15.9. The summed E-state index contributed by atoms with van der Waals surface area (Å²) in [6.07, 6.45) is 8.82. The van der Waals surface area contributed by atoms with Gasteiger partial charge in [-0.2, -0.15) is 15.5 Å². The van der Waals surface area contributed by atoms with Gasteiger partial charge in [0, 0.05) is 18.7 Å². The Bertz CT molecular complexity index is 1090. The first-order valence-electron chi connectivity index (χ1n) is 14.3. The van der Waals surface area contributed by atoms with Crippen molar-refractivity contribution in [2.45, 2.75) is 92.0 Å². The average molecular weight is 537 g/mol. The van der Waals surface area contributed by atoms with Gasteiger partial charge in [0.05, 0.1) is 5.69 Å². The molecule has 0 fully saturated rings. The van der Waals surface area contributed by atoms with E-state index in [0.29, 0.717) is 28.1 Å². The molecule has 0 aromatic heterocycles. The number of hydrazine groups is 1. The normalized spacial score (nSPS) is 17.5. The van der Waals surface area contributed by atoms with Crippen LogP contribution in [0.3, 0.4) is 0 Å². The fourth-order valence-electron chi connectivity index (χ4n) is 4.82. The highest BCUT2D eigenvalue weighted by molar-refractivity contribution is 6.12. The Morgan fingerprint density at radius 2 is 1.67 bits per heavy atom. The third-order valence-corrected chi connectivity index (χ3v) is 7.53. The van der Waals surface area contributed by atoms with Crippen LogP contribution < -0.4 is 5.84 Å². The number of rotatable bonds is 15. The van der Waals surface area contributed by atoms with E-state index in [0.717, 1.165) is 64.5 Å². The fourth-order valence-corrected chi connectivity index (χ4v) is 4.82. The Labute approximate surface area is 233 Å². The van der Waals surface area contributed by atoms with Gasteiger partial charge in [0.15, 0.2) is 6.04 Å². The van der Waals surface area contributed by atoms with Crippen LogP contribution in [0.1, 0.15) is 96.3 Å². The number of nitriles is 1. The zero-order valence-electron chi connectivity index (χ0n) is 24.2. The zero-order valence-corrected chi connectivity index (χ0v) is 24.2. The summed E-state index contributed by atoms with van der Waals surface area (Å²) in [6, 6.07) is 7.50. The second-order valence-corrected chi connectivity index (χ2v) is 10.4. The zero-order chi connectivity index (χ0) is 28.9. The van der Waals surface area contributed by atoms with Crippen LogP contribution in [0.15, 0.2) is 45.6 Å². The van der Waals surface area contributed by atoms with Crippen molar-refractivity contribution in [3.8, 4) is 6.07 Å². The highest BCUT2D eigenvalue weighted by Crippen LogP contribution is 2.25. The van der Waals surface area contributed by atoms with E-state index in [1.165, 1.54) is 6.92 Å². The van der Waals surface area contributed by atoms with Crippen molar-refractivity contribution >= 4 is 23.4 Å². The quantitative estimate of drug-likeness (QED) is 0.125. The van der Waals surface area contributed by atoms with E-state index in [1.54, 1.807) is 30.3 Å². The summed E-state index contributed by atoms with van der Waals surface area (Å²) >= 11 is 0. The average Bonchev–Trinajstić information content (AvgIpc) is 2.95. The second-order valence-electron chi connectivity index (χ2n) is 10.4. The lowest BCUT2D eigenvalue weighted by Crippen LogP contribution is -2.51. The minimum absolute atomic E-state index is 0.0349. The minimum Gasteiger partial charge on any atom is -0.338 e. The molecule has 0 radical (unpaired) electrons. The Kier molecular flexibility index (Phi) is 13.0. The number of azo groups is 1. The van der Waals surface area contributed by atoms with E-state index in [-0.39, 0.29) is 17.1 Å². The number of carbonyl (C=O) groups is 3. The molecule has 2 rings (SSSR count). The van der Waals surface area contributed by atoms with Crippen LogP contribution in [0.2, 0.25) is 0 Å². The molecular formula is C30H44N6O3. The fraction of sp³-hybridized carbons (Fsp3) is 0.600. The lowest BCUT2D eigenvalue weighted by atomic mass is 9.95. The molecule has 1 aliphatic heterocycles. The maximum absolute atomic E-state index is 13.8. The van der Waals surface area contributed by atoms with E-state index in [1.807, 2.05) is 4.90 Å². The molecule has 212 valence electrons. The first-order valence-corrected chi connectivity index (χ1v) is 14.3. The number of benzene rings is 1. The molecule has 9 nitrogen and oxygen atoms in total. The van der Waals surface area contributed by atoms with Crippen molar-refractivity contribution in [2.24, 2.45) is 27.9 Å². The number of amides is 3. The third-order valence-electron chi connectivity index (χ3n) is 7.53. The number of hydrogen-bond acceptors (Lipinski definition) is 7. The van der Waals surface area contributed by atoms with Crippen LogP contribution in [-0.2, 0) is 9.59 Å². The van der Waals surface area contributed by atoms with Gasteiger partial charge in [0.2, 0.25) is 0 Å². The number of unbranched alkanes of at least 4 members (excludes halogenated alkanes) is 2. The van der Waals surface area contributed by atoms with Crippen molar-refractivity contribution in [1.29, 1.82) is 5.26 Å². The standard InChI is InChI=1S/C30H44N6O3/c1-6-10-13-22(8-3)19-35(20-23(9-4)14-11-7-2)28(37)24-15-12-16-25(17-24)33-34-27-21(5)26(18-31)29(38)36(32)30(27)39/h12,15-17,22-23,27H,6-11,13-14,19-20,32H2,1-5H3. The lowest BCUT2D eigenvalue weighted by molar-refractivity contribution is -0.144. The van der Waals surface area contributed by atoms with E-state index >= 15 is 0 Å². The molecular weight excluding hydrogens is 492 g/mol. The van der Waals surface area contributed by atoms with Crippen molar-refractivity contribution in [1.82, 2.24) is 9.91 Å². The molecule has 1 aromatic rings. The molecule has 1 aromatic carbocycles. The van der Waals surface area contributed by atoms with Crippen molar-refractivity contribution < 1.29 is 14.4 Å². The van der Waals surface area contributed by atoms with Crippen molar-refractivity contribution in [3.05, 3.63) is 41.0 Å². The maximum atomic E-state index is 13.8. The van der Waals surface area contributed by atoms with E-state index < -0.39 is 17.9 Å². The SMILES string of the molecule is CCCCC(CC)CN(CC(CC)CCCC)C(=O)c1cccc(N=NC2C(=O)N(N)C(=O)C(C#N)=C2C)c1. The summed E-state index contributed by atoms with van der Waals surface area (Å²) in [6.45, 7) is 11.7. The van der Waals surface area contributed by atoms with E-state index in [9.17, 15) is 19.6 Å². The summed E-state index contributed by atoms with van der Waals surface area (Å²) in [4.78, 5) is 40.4. The topological polar surface area (TPSA) is 132 Å². The number of nitrogens with zero attached hydrogens (tertiary/aromatic N) is 5. The predicted molar refractivity (Wildman–Crippen MR) is 152 cm³/mol. The van der Waals surface area contributed by atoms with Crippen LogP contribution >= 0.6 is 0 Å². The monoisotopic (exact) mass is 536 g/mol. The third kappa shape index (κ3) is 8.56. The maximum Gasteiger partial charge on any atom is 0.285 e. The van der Waals surface area contributed by atoms with Gasteiger partial charge in [0.25, 0.3) is 17.7 Å². The molecule has 3 atom stereocenters. The molecule has 1 heterocycles. The van der Waals surface area contributed by atoms with Crippen molar-refractivity contribution in [2.75, 3.05) is 13.1 Å². The summed E-state index contributed by atoms with van der Waals surface area (Å²) < 4.78 is 0. The Balaban J connectivity index is 2.33. The highest BCUT2D eigenvalue weighted by Gasteiger charge is 2.38. The molecule has 1 aliphatic rings. The number of nitrogens with two attached hydrogens (primary N) is 1. The summed E-state index contributed by atoms with van der Waals surface area (Å²) in [7, 11) is 0. The Morgan fingerprint density at radius 1 is 1.08 bits per heavy atom. The summed E-state index contributed by atoms with van der Waals surface area (Å²) in [5, 5.41) is 18.0. The van der Waals surface area contributed by atoms with Gasteiger partial charge in [0.1, 0.15) is 11.6 Å². The molecule has 3 amide bonds. The largest absolute Gasteiger partial charge is 0.338 e. The molecule has 2 N–H and O–H groups in total. The van der Waals surface area contributed by atoms with Gasteiger partial charge in [-0.1, -0.05) is 72.3 Å². The van der Waals surface area contributed by atoms with Gasteiger partial charge in [-0.3, -0.25) is 14.4 Å². The molecule has 0 aliphatic carbocycles. The van der Waals surface area contributed by atoms with Gasteiger partial charge in [-0.25, -0.2) is 10.9 Å². The van der Waals surface area contributed by atoms with Gasteiger partial charge in [-0.15, -0.1) is 0 Å². The number of carbonyl (C=O) groups excluding carboxylic acids is 3. The first kappa shape index (κ1) is 31.8. The van der Waals surface area contributed by atoms with Gasteiger partial charge < -0.3 is 4.90 Å². The van der Waals surface area contributed by atoms with E-state index in [2.05, 4.69) is 37.9 Å². The molecule has 0 spiro atoms. The van der Waals surface area contributed by atoms with Gasteiger partial charge >= 0.3 is 0 Å². The van der Waals surface area contributed by atoms with Crippen molar-refractivity contribution in [3.63, 3.8) is 0 Å². The van der Waals surface area contributed by atoms with Crippen LogP contribution in [-0.4, -0.2) is 46.8 Å². The Morgan fingerprint density at radius 3 is 2.18 bits per heavy atom. The van der Waals surface area contributed by atoms with Crippen LogP contribution in [0.5, 0.6) is 0 Å². The van der Waals surface area contributed by atoms with Crippen LogP contribution in [0, 0.1) is 23.2 Å². The number of hydrogen-bond donors (Lipinski definition) is 1. The molecule has 0 saturated heterocycles. The molecule has 0 saturated carbocycles. The smallest absolute Gasteiger partial charge is 0.285 e. The Hall–Kier alpha value is -3.38. The summed E-state index contributed by atoms with van der Waals surface area (Å²) in [5.74, 6) is 4.82.